The van der Waals surface area contributed by atoms with Crippen LogP contribution in [0, 0.1) is 5.92 Å². The zero-order valence-electron chi connectivity index (χ0n) is 11.1. The van der Waals surface area contributed by atoms with Crippen LogP contribution in [-0.4, -0.2) is 20.2 Å². The van der Waals surface area contributed by atoms with Crippen LogP contribution in [0.4, 0.5) is 0 Å². The van der Waals surface area contributed by atoms with Crippen LogP contribution in [-0.2, 0) is 10.0 Å². The highest BCUT2D eigenvalue weighted by molar-refractivity contribution is 7.89. The molecule has 18 heavy (non-hydrogen) atoms. The minimum absolute atomic E-state index is 0.00997. The lowest BCUT2D eigenvalue weighted by atomic mass is 10.0. The van der Waals surface area contributed by atoms with Crippen LogP contribution in [0.2, 0.25) is 0 Å². The molecule has 0 heterocycles. The van der Waals surface area contributed by atoms with Gasteiger partial charge in [-0.05, 0) is 26.0 Å². The molecule has 0 aromatic heterocycles. The summed E-state index contributed by atoms with van der Waals surface area (Å²) in [5.74, 6) is -0.0861. The zero-order chi connectivity index (χ0) is 13.9. The fourth-order valence-electron chi connectivity index (χ4n) is 1.51. The van der Waals surface area contributed by atoms with Gasteiger partial charge in [0, 0.05) is 17.5 Å². The second-order valence-corrected chi connectivity index (χ2v) is 6.53. The summed E-state index contributed by atoms with van der Waals surface area (Å²) in [7, 11) is -3.48. The molecule has 5 heteroatoms. The Morgan fingerprint density at radius 1 is 1.06 bits per heavy atom. The van der Waals surface area contributed by atoms with Crippen molar-refractivity contribution in [1.29, 1.82) is 0 Å². The van der Waals surface area contributed by atoms with Gasteiger partial charge < -0.3 is 0 Å². The standard InChI is InChI=1S/C13H19NO3S/c1-9(2)13(15)11-5-7-12(8-6-11)18(16,17)14-10(3)4/h5-10,14H,1-4H3. The van der Waals surface area contributed by atoms with E-state index in [-0.39, 0.29) is 22.6 Å². The maximum Gasteiger partial charge on any atom is 0.240 e. The van der Waals surface area contributed by atoms with Crippen LogP contribution in [0.1, 0.15) is 38.1 Å². The largest absolute Gasteiger partial charge is 0.294 e. The molecule has 0 fully saturated rings. The molecule has 0 aliphatic carbocycles. The minimum atomic E-state index is -3.48. The van der Waals surface area contributed by atoms with Crippen molar-refractivity contribution in [3.8, 4) is 0 Å². The summed E-state index contributed by atoms with van der Waals surface area (Å²) >= 11 is 0. The molecule has 100 valence electrons. The first-order valence-corrected chi connectivity index (χ1v) is 7.39. The number of hydrogen-bond donors (Lipinski definition) is 1. The van der Waals surface area contributed by atoms with Gasteiger partial charge in [-0.15, -0.1) is 0 Å². The van der Waals surface area contributed by atoms with Gasteiger partial charge in [-0.2, -0.15) is 0 Å². The topological polar surface area (TPSA) is 63.2 Å². The number of benzene rings is 1. The molecule has 0 unspecified atom stereocenters. The van der Waals surface area contributed by atoms with E-state index in [0.717, 1.165) is 0 Å². The molecular formula is C13H19NO3S. The summed E-state index contributed by atoms with van der Waals surface area (Å²) in [5.41, 5.74) is 0.536. The molecular weight excluding hydrogens is 250 g/mol. The third-order valence-electron chi connectivity index (χ3n) is 2.36. The van der Waals surface area contributed by atoms with Crippen LogP contribution >= 0.6 is 0 Å². The van der Waals surface area contributed by atoms with Crippen LogP contribution in [0.15, 0.2) is 29.2 Å². The Morgan fingerprint density at radius 3 is 1.94 bits per heavy atom. The van der Waals surface area contributed by atoms with Crippen LogP contribution in [0.3, 0.4) is 0 Å². The summed E-state index contributed by atoms with van der Waals surface area (Å²) in [6.45, 7) is 7.14. The van der Waals surface area contributed by atoms with E-state index in [1.807, 2.05) is 13.8 Å². The lowest BCUT2D eigenvalue weighted by Gasteiger charge is -2.10. The monoisotopic (exact) mass is 269 g/mol. The highest BCUT2D eigenvalue weighted by atomic mass is 32.2. The zero-order valence-corrected chi connectivity index (χ0v) is 11.9. The second kappa shape index (κ2) is 5.63. The number of sulfonamides is 1. The van der Waals surface area contributed by atoms with Crippen molar-refractivity contribution in [2.75, 3.05) is 0 Å². The van der Waals surface area contributed by atoms with Gasteiger partial charge in [-0.25, -0.2) is 13.1 Å². The Balaban J connectivity index is 3.00. The quantitative estimate of drug-likeness (QED) is 0.834. The van der Waals surface area contributed by atoms with E-state index in [4.69, 9.17) is 0 Å². The molecule has 0 amide bonds. The first kappa shape index (κ1) is 14.9. The number of ketones is 1. The van der Waals surface area contributed by atoms with Gasteiger partial charge >= 0.3 is 0 Å². The fourth-order valence-corrected chi connectivity index (χ4v) is 2.76. The summed E-state index contributed by atoms with van der Waals surface area (Å²) in [6.07, 6.45) is 0. The van der Waals surface area contributed by atoms with Gasteiger partial charge in [-0.3, -0.25) is 4.79 Å². The van der Waals surface area contributed by atoms with Crippen molar-refractivity contribution < 1.29 is 13.2 Å². The Kier molecular flexibility index (Phi) is 4.65. The molecule has 1 rings (SSSR count). The Hall–Kier alpha value is -1.20. The number of rotatable bonds is 5. The third-order valence-corrected chi connectivity index (χ3v) is 4.04. The van der Waals surface area contributed by atoms with Crippen molar-refractivity contribution in [3.63, 3.8) is 0 Å². The predicted molar refractivity (Wildman–Crippen MR) is 71.1 cm³/mol. The molecule has 4 nitrogen and oxygen atoms in total. The van der Waals surface area contributed by atoms with Gasteiger partial charge in [0.05, 0.1) is 4.90 Å². The van der Waals surface area contributed by atoms with Gasteiger partial charge in [0.15, 0.2) is 5.78 Å². The van der Waals surface area contributed by atoms with E-state index in [9.17, 15) is 13.2 Å². The van der Waals surface area contributed by atoms with E-state index in [0.29, 0.717) is 5.56 Å². The normalized spacial score (nSPS) is 12.1. The molecule has 0 bridgehead atoms. The number of carbonyl (C=O) groups excluding carboxylic acids is 1. The lowest BCUT2D eigenvalue weighted by molar-refractivity contribution is 0.0939. The highest BCUT2D eigenvalue weighted by Crippen LogP contribution is 2.14. The minimum Gasteiger partial charge on any atom is -0.294 e. The SMILES string of the molecule is CC(C)NS(=O)(=O)c1ccc(C(=O)C(C)C)cc1. The first-order chi connectivity index (χ1) is 8.24. The highest BCUT2D eigenvalue weighted by Gasteiger charge is 2.16. The molecule has 0 saturated heterocycles. The molecule has 0 saturated carbocycles. The van der Waals surface area contributed by atoms with Gasteiger partial charge in [-0.1, -0.05) is 26.0 Å². The van der Waals surface area contributed by atoms with Gasteiger partial charge in [0.1, 0.15) is 0 Å². The van der Waals surface area contributed by atoms with Crippen LogP contribution < -0.4 is 4.72 Å². The van der Waals surface area contributed by atoms with Crippen molar-refractivity contribution in [2.24, 2.45) is 5.92 Å². The molecule has 1 aromatic rings. The van der Waals surface area contributed by atoms with E-state index in [2.05, 4.69) is 4.72 Å². The molecule has 0 atom stereocenters. The molecule has 1 N–H and O–H groups in total. The van der Waals surface area contributed by atoms with Gasteiger partial charge in [0.2, 0.25) is 10.0 Å². The number of Topliss-reactive ketones (excluding diaryl/α,β-unsaturated/α-hetero) is 1. The average Bonchev–Trinajstić information content (AvgIpc) is 2.26. The Bertz CT molecular complexity index is 516. The fraction of sp³-hybridized carbons (Fsp3) is 0.462. The number of nitrogens with one attached hydrogen (secondary N) is 1. The maximum absolute atomic E-state index is 11.9. The van der Waals surface area contributed by atoms with Crippen LogP contribution in [0.25, 0.3) is 0 Å². The molecule has 0 spiro atoms. The Morgan fingerprint density at radius 2 is 1.56 bits per heavy atom. The van der Waals surface area contributed by atoms with E-state index in [1.54, 1.807) is 26.0 Å². The van der Waals surface area contributed by atoms with Crippen molar-refractivity contribution in [2.45, 2.75) is 38.6 Å². The van der Waals surface area contributed by atoms with Crippen LogP contribution in [0.5, 0.6) is 0 Å². The van der Waals surface area contributed by atoms with E-state index in [1.165, 1.54) is 12.1 Å². The average molecular weight is 269 g/mol. The summed E-state index contributed by atoms with van der Waals surface area (Å²) in [6, 6.07) is 5.86. The summed E-state index contributed by atoms with van der Waals surface area (Å²) in [5, 5.41) is 0. The molecule has 0 radical (unpaired) electrons. The second-order valence-electron chi connectivity index (χ2n) is 4.82. The number of hydrogen-bond acceptors (Lipinski definition) is 3. The summed E-state index contributed by atoms with van der Waals surface area (Å²) in [4.78, 5) is 11.9. The van der Waals surface area contributed by atoms with E-state index < -0.39 is 10.0 Å². The van der Waals surface area contributed by atoms with Crippen molar-refractivity contribution in [3.05, 3.63) is 29.8 Å². The first-order valence-electron chi connectivity index (χ1n) is 5.90. The smallest absolute Gasteiger partial charge is 0.240 e. The lowest BCUT2D eigenvalue weighted by Crippen LogP contribution is -2.30. The Labute approximate surface area is 108 Å². The molecule has 0 aliphatic heterocycles. The predicted octanol–water partition coefficient (Wildman–Crippen LogP) is 2.21. The van der Waals surface area contributed by atoms with Crippen molar-refractivity contribution in [1.82, 2.24) is 4.72 Å². The number of carbonyl (C=O) groups is 1. The molecule has 1 aromatic carbocycles. The van der Waals surface area contributed by atoms with Crippen molar-refractivity contribution >= 4 is 15.8 Å². The summed E-state index contributed by atoms with van der Waals surface area (Å²) < 4.78 is 26.2. The van der Waals surface area contributed by atoms with E-state index >= 15 is 0 Å². The van der Waals surface area contributed by atoms with Gasteiger partial charge in [0.25, 0.3) is 0 Å². The maximum atomic E-state index is 11.9. The third kappa shape index (κ3) is 3.65. The molecule has 0 aliphatic rings.